The van der Waals surface area contributed by atoms with Crippen molar-refractivity contribution in [2.75, 3.05) is 14.2 Å². The average molecular weight is 431 g/mol. The summed E-state index contributed by atoms with van der Waals surface area (Å²) in [5.74, 6) is -0.131. The summed E-state index contributed by atoms with van der Waals surface area (Å²) in [7, 11) is 2.93. The number of nitro benzene ring substituents is 1. The first kappa shape index (κ1) is 21.0. The molecule has 0 aromatic heterocycles. The van der Waals surface area contributed by atoms with Gasteiger partial charge >= 0.3 is 0 Å². The minimum atomic E-state index is -0.545. The van der Waals surface area contributed by atoms with Crippen LogP contribution < -0.4 is 9.47 Å². The van der Waals surface area contributed by atoms with Crippen molar-refractivity contribution in [3.05, 3.63) is 99.9 Å². The van der Waals surface area contributed by atoms with Crippen LogP contribution in [0.5, 0.6) is 11.5 Å². The Labute approximate surface area is 183 Å². The number of benzene rings is 4. The summed E-state index contributed by atoms with van der Waals surface area (Å²) in [6.07, 6.45) is 0. The third-order valence-electron chi connectivity index (χ3n) is 5.22. The van der Waals surface area contributed by atoms with Crippen molar-refractivity contribution >= 4 is 22.2 Å². The second kappa shape index (κ2) is 8.47. The van der Waals surface area contributed by atoms with Gasteiger partial charge in [-0.05, 0) is 40.6 Å². The molecular weight excluding hydrogens is 413 g/mol. The fraction of sp³-hybridized carbons (Fsp3) is 0.0800. The summed E-state index contributed by atoms with van der Waals surface area (Å²) < 4.78 is 24.3. The van der Waals surface area contributed by atoms with E-state index in [1.54, 1.807) is 42.5 Å². The maximum atomic E-state index is 13.7. The quantitative estimate of drug-likeness (QED) is 0.219. The molecule has 0 heterocycles. The van der Waals surface area contributed by atoms with E-state index >= 15 is 0 Å². The minimum absolute atomic E-state index is 0.114. The highest BCUT2D eigenvalue weighted by molar-refractivity contribution is 6.22. The van der Waals surface area contributed by atoms with Gasteiger partial charge in [0.1, 0.15) is 5.82 Å². The average Bonchev–Trinajstić information content (AvgIpc) is 2.82. The Morgan fingerprint density at radius 2 is 1.53 bits per heavy atom. The first-order valence-electron chi connectivity index (χ1n) is 9.67. The highest BCUT2D eigenvalue weighted by atomic mass is 19.1. The van der Waals surface area contributed by atoms with E-state index in [1.807, 2.05) is 0 Å². The molecule has 7 heteroatoms. The number of methoxy groups -OCH3 is 2. The van der Waals surface area contributed by atoms with Gasteiger partial charge in [-0.1, -0.05) is 42.5 Å². The second-order valence-corrected chi connectivity index (χ2v) is 7.03. The van der Waals surface area contributed by atoms with Crippen molar-refractivity contribution in [1.29, 1.82) is 0 Å². The van der Waals surface area contributed by atoms with Gasteiger partial charge in [0.15, 0.2) is 17.3 Å². The lowest BCUT2D eigenvalue weighted by molar-refractivity contribution is -0.384. The summed E-state index contributed by atoms with van der Waals surface area (Å²) in [6.45, 7) is 0. The van der Waals surface area contributed by atoms with E-state index in [0.717, 1.165) is 0 Å². The molecule has 32 heavy (non-hydrogen) atoms. The molecule has 0 atom stereocenters. The Morgan fingerprint density at radius 3 is 2.12 bits per heavy atom. The molecule has 0 saturated carbocycles. The van der Waals surface area contributed by atoms with Crippen LogP contribution in [-0.2, 0) is 0 Å². The summed E-state index contributed by atoms with van der Waals surface area (Å²) in [5.41, 5.74) is 0.702. The molecule has 0 radical (unpaired) electrons. The minimum Gasteiger partial charge on any atom is -0.493 e. The van der Waals surface area contributed by atoms with Gasteiger partial charge in [-0.3, -0.25) is 14.9 Å². The van der Waals surface area contributed by atoms with E-state index in [1.165, 1.54) is 44.6 Å². The molecule has 0 bridgehead atoms. The zero-order chi connectivity index (χ0) is 22.8. The van der Waals surface area contributed by atoms with Gasteiger partial charge in [-0.2, -0.15) is 0 Å². The maximum absolute atomic E-state index is 13.7. The largest absolute Gasteiger partial charge is 0.493 e. The highest BCUT2D eigenvalue weighted by Crippen LogP contribution is 2.43. The number of carbonyl (C=O) groups excluding carboxylic acids is 1. The van der Waals surface area contributed by atoms with Gasteiger partial charge in [0.2, 0.25) is 0 Å². The zero-order valence-electron chi connectivity index (χ0n) is 17.3. The predicted octanol–water partition coefficient (Wildman–Crippen LogP) is 5.80. The SMILES string of the molecule is COc1cc2cc([N+](=O)[O-])c(-c3ccc(F)cc3)c(C(=O)c3ccccc3)c2cc1OC. The van der Waals surface area contributed by atoms with Crippen LogP contribution in [-0.4, -0.2) is 24.9 Å². The Hall–Kier alpha value is -4.26. The lowest BCUT2D eigenvalue weighted by Crippen LogP contribution is -2.07. The topological polar surface area (TPSA) is 78.7 Å². The van der Waals surface area contributed by atoms with Crippen molar-refractivity contribution in [3.8, 4) is 22.6 Å². The van der Waals surface area contributed by atoms with Crippen LogP contribution in [0.15, 0.2) is 72.8 Å². The standard InChI is InChI=1S/C25H18FNO5/c1-31-21-13-17-12-20(27(29)30)23(15-8-10-18(26)11-9-15)24(19(17)14-22(21)32-2)25(28)16-6-4-3-5-7-16/h3-14H,1-2H3. The number of halogens is 1. The van der Waals surface area contributed by atoms with Gasteiger partial charge in [0.05, 0.1) is 24.7 Å². The number of hydrogen-bond donors (Lipinski definition) is 0. The number of ether oxygens (including phenoxy) is 2. The number of carbonyl (C=O) groups is 1. The fourth-order valence-corrected chi connectivity index (χ4v) is 3.74. The molecule has 0 aliphatic carbocycles. The van der Waals surface area contributed by atoms with Gasteiger partial charge in [0.25, 0.3) is 5.69 Å². The first-order valence-corrected chi connectivity index (χ1v) is 9.67. The van der Waals surface area contributed by atoms with Gasteiger partial charge in [-0.25, -0.2) is 4.39 Å². The Balaban J connectivity index is 2.17. The lowest BCUT2D eigenvalue weighted by Gasteiger charge is -2.16. The summed E-state index contributed by atoms with van der Waals surface area (Å²) in [6, 6.07) is 18.3. The normalized spacial score (nSPS) is 10.7. The molecule has 6 nitrogen and oxygen atoms in total. The van der Waals surface area contributed by atoms with Crippen molar-refractivity contribution in [1.82, 2.24) is 0 Å². The van der Waals surface area contributed by atoms with Crippen molar-refractivity contribution in [3.63, 3.8) is 0 Å². The van der Waals surface area contributed by atoms with E-state index in [9.17, 15) is 19.3 Å². The van der Waals surface area contributed by atoms with Crippen molar-refractivity contribution in [2.24, 2.45) is 0 Å². The highest BCUT2D eigenvalue weighted by Gasteiger charge is 2.28. The Morgan fingerprint density at radius 1 is 0.906 bits per heavy atom. The van der Waals surface area contributed by atoms with Crippen molar-refractivity contribution < 1.29 is 23.6 Å². The van der Waals surface area contributed by atoms with E-state index < -0.39 is 16.5 Å². The molecule has 0 fully saturated rings. The van der Waals surface area contributed by atoms with E-state index in [4.69, 9.17) is 9.47 Å². The van der Waals surface area contributed by atoms with Gasteiger partial charge in [0, 0.05) is 17.2 Å². The fourth-order valence-electron chi connectivity index (χ4n) is 3.74. The van der Waals surface area contributed by atoms with Crippen LogP contribution in [0.3, 0.4) is 0 Å². The van der Waals surface area contributed by atoms with E-state index in [-0.39, 0.29) is 16.8 Å². The third-order valence-corrected chi connectivity index (χ3v) is 5.22. The molecule has 4 aromatic rings. The molecular formula is C25H18FNO5. The number of fused-ring (bicyclic) bond motifs is 1. The molecule has 0 unspecified atom stereocenters. The number of nitrogens with zero attached hydrogens (tertiary/aromatic N) is 1. The van der Waals surface area contributed by atoms with Gasteiger partial charge < -0.3 is 9.47 Å². The summed E-state index contributed by atoms with van der Waals surface area (Å²) in [4.78, 5) is 25.2. The molecule has 0 N–H and O–H groups in total. The van der Waals surface area contributed by atoms with Crippen LogP contribution in [0, 0.1) is 15.9 Å². The molecule has 0 amide bonds. The van der Waals surface area contributed by atoms with E-state index in [0.29, 0.717) is 33.4 Å². The van der Waals surface area contributed by atoms with Crippen LogP contribution in [0.25, 0.3) is 21.9 Å². The zero-order valence-corrected chi connectivity index (χ0v) is 17.3. The number of hydrogen-bond acceptors (Lipinski definition) is 5. The monoisotopic (exact) mass is 431 g/mol. The van der Waals surface area contributed by atoms with Gasteiger partial charge in [-0.15, -0.1) is 0 Å². The van der Waals surface area contributed by atoms with Crippen LogP contribution in [0.4, 0.5) is 10.1 Å². The summed E-state index contributed by atoms with van der Waals surface area (Å²) in [5, 5.41) is 13.0. The molecule has 0 spiro atoms. The Kier molecular flexibility index (Phi) is 5.55. The van der Waals surface area contributed by atoms with Crippen LogP contribution in [0.1, 0.15) is 15.9 Å². The van der Waals surface area contributed by atoms with Crippen LogP contribution in [0.2, 0.25) is 0 Å². The second-order valence-electron chi connectivity index (χ2n) is 7.03. The maximum Gasteiger partial charge on any atom is 0.278 e. The molecule has 0 saturated heterocycles. The third kappa shape index (κ3) is 3.65. The molecule has 160 valence electrons. The molecule has 4 rings (SSSR count). The van der Waals surface area contributed by atoms with Crippen molar-refractivity contribution in [2.45, 2.75) is 0 Å². The van der Waals surface area contributed by atoms with Crippen LogP contribution >= 0.6 is 0 Å². The lowest BCUT2D eigenvalue weighted by atomic mass is 9.87. The summed E-state index contributed by atoms with van der Waals surface area (Å²) >= 11 is 0. The first-order chi connectivity index (χ1) is 15.4. The number of ketones is 1. The molecule has 0 aliphatic heterocycles. The number of rotatable bonds is 6. The number of nitro groups is 1. The van der Waals surface area contributed by atoms with E-state index in [2.05, 4.69) is 0 Å². The molecule has 0 aliphatic rings. The predicted molar refractivity (Wildman–Crippen MR) is 119 cm³/mol. The smallest absolute Gasteiger partial charge is 0.278 e. The Bertz CT molecular complexity index is 1330. The molecule has 4 aromatic carbocycles.